The molecule has 0 saturated heterocycles. The van der Waals surface area contributed by atoms with E-state index in [1.54, 1.807) is 12.2 Å². The Bertz CT molecular complexity index is 226. The maximum atomic E-state index is 5.47. The molecule has 0 saturated carbocycles. The number of nitrogens with one attached hydrogen (secondary N) is 1. The Labute approximate surface area is 82.3 Å². The van der Waals surface area contributed by atoms with Gasteiger partial charge in [0.15, 0.2) is 0 Å². The standard InChI is InChI=1S/C11H16BN/c1-4-10(9-12)7-8-11(5-2)13-6-3/h4-5,7-8,13H,1-2,6,9H2,3H3/b10-7+,11-8+. The number of likely N-dealkylation sites (N-methyl/N-ethyl adjacent to an activating group) is 1. The quantitative estimate of drug-likeness (QED) is 0.480. The van der Waals surface area contributed by atoms with E-state index in [4.69, 9.17) is 7.85 Å². The van der Waals surface area contributed by atoms with Crippen molar-refractivity contribution in [3.05, 3.63) is 48.7 Å². The Morgan fingerprint density at radius 1 is 1.31 bits per heavy atom. The molecule has 0 atom stereocenters. The molecular weight excluding hydrogens is 157 g/mol. The molecule has 0 spiro atoms. The summed E-state index contributed by atoms with van der Waals surface area (Å²) >= 11 is 0. The SMILES string of the molecule is [B]C/C(C=C)=C/C=C(\C=C)NCC. The zero-order valence-electron chi connectivity index (χ0n) is 8.22. The second kappa shape index (κ2) is 7.47. The maximum Gasteiger partial charge on any atom is 0.0716 e. The van der Waals surface area contributed by atoms with Crippen LogP contribution in [0.2, 0.25) is 6.32 Å². The second-order valence-corrected chi connectivity index (χ2v) is 2.51. The summed E-state index contributed by atoms with van der Waals surface area (Å²) in [6.07, 6.45) is 7.92. The third-order valence-corrected chi connectivity index (χ3v) is 1.58. The molecule has 0 aliphatic rings. The Hall–Kier alpha value is -1.18. The van der Waals surface area contributed by atoms with Crippen LogP contribution in [0.1, 0.15) is 6.92 Å². The van der Waals surface area contributed by atoms with Crippen LogP contribution in [0, 0.1) is 0 Å². The lowest BCUT2D eigenvalue weighted by Crippen LogP contribution is -2.09. The molecular formula is C11H16BN. The number of hydrogen-bond acceptors (Lipinski definition) is 1. The van der Waals surface area contributed by atoms with Crippen LogP contribution >= 0.6 is 0 Å². The van der Waals surface area contributed by atoms with E-state index in [0.29, 0.717) is 6.32 Å². The van der Waals surface area contributed by atoms with Gasteiger partial charge in [-0.1, -0.05) is 37.2 Å². The summed E-state index contributed by atoms with van der Waals surface area (Å²) in [6.45, 7) is 10.3. The van der Waals surface area contributed by atoms with Crippen LogP contribution in [0.3, 0.4) is 0 Å². The van der Waals surface area contributed by atoms with Gasteiger partial charge in [-0.15, -0.1) is 0 Å². The Balaban J connectivity index is 4.40. The van der Waals surface area contributed by atoms with Gasteiger partial charge in [-0.3, -0.25) is 0 Å². The fourth-order valence-corrected chi connectivity index (χ4v) is 0.819. The van der Waals surface area contributed by atoms with E-state index in [-0.39, 0.29) is 0 Å². The molecule has 1 N–H and O–H groups in total. The van der Waals surface area contributed by atoms with Crippen molar-refractivity contribution in [2.75, 3.05) is 6.54 Å². The smallest absolute Gasteiger partial charge is 0.0716 e. The van der Waals surface area contributed by atoms with Gasteiger partial charge in [-0.25, -0.2) is 0 Å². The average Bonchev–Trinajstić information content (AvgIpc) is 2.17. The molecule has 0 aromatic rings. The predicted octanol–water partition coefficient (Wildman–Crippen LogP) is 2.37. The maximum absolute atomic E-state index is 5.47. The van der Waals surface area contributed by atoms with Crippen molar-refractivity contribution in [3.63, 3.8) is 0 Å². The van der Waals surface area contributed by atoms with Crippen molar-refractivity contribution in [1.29, 1.82) is 0 Å². The zero-order chi connectivity index (χ0) is 10.1. The molecule has 13 heavy (non-hydrogen) atoms. The lowest BCUT2D eigenvalue weighted by molar-refractivity contribution is 0.879. The van der Waals surface area contributed by atoms with Gasteiger partial charge in [0, 0.05) is 12.2 Å². The number of rotatable bonds is 6. The lowest BCUT2D eigenvalue weighted by Gasteiger charge is -2.01. The summed E-state index contributed by atoms with van der Waals surface area (Å²) in [7, 11) is 5.47. The van der Waals surface area contributed by atoms with Crippen LogP contribution in [0.4, 0.5) is 0 Å². The third-order valence-electron chi connectivity index (χ3n) is 1.58. The van der Waals surface area contributed by atoms with Crippen LogP contribution < -0.4 is 5.32 Å². The van der Waals surface area contributed by atoms with Crippen LogP contribution in [0.15, 0.2) is 48.7 Å². The van der Waals surface area contributed by atoms with Gasteiger partial charge in [0.25, 0.3) is 0 Å². The van der Waals surface area contributed by atoms with Crippen molar-refractivity contribution in [2.45, 2.75) is 13.2 Å². The average molecular weight is 173 g/mol. The molecule has 0 heterocycles. The highest BCUT2D eigenvalue weighted by Gasteiger charge is 1.86. The van der Waals surface area contributed by atoms with E-state index in [2.05, 4.69) is 18.5 Å². The van der Waals surface area contributed by atoms with Crippen LogP contribution in [-0.4, -0.2) is 14.4 Å². The predicted molar refractivity (Wildman–Crippen MR) is 60.8 cm³/mol. The molecule has 0 rings (SSSR count). The van der Waals surface area contributed by atoms with Crippen molar-refractivity contribution < 1.29 is 0 Å². The lowest BCUT2D eigenvalue weighted by atomic mass is 9.96. The first kappa shape index (κ1) is 11.8. The summed E-state index contributed by atoms with van der Waals surface area (Å²) < 4.78 is 0. The first-order valence-electron chi connectivity index (χ1n) is 4.38. The molecule has 0 aliphatic carbocycles. The van der Waals surface area contributed by atoms with Gasteiger partial charge in [-0.05, 0) is 19.1 Å². The fourth-order valence-electron chi connectivity index (χ4n) is 0.819. The highest BCUT2D eigenvalue weighted by atomic mass is 14.9. The summed E-state index contributed by atoms with van der Waals surface area (Å²) in [5.41, 5.74) is 2.01. The van der Waals surface area contributed by atoms with Gasteiger partial charge in [-0.2, -0.15) is 0 Å². The summed E-state index contributed by atoms with van der Waals surface area (Å²) in [4.78, 5) is 0. The molecule has 0 amide bonds. The molecule has 2 heteroatoms. The third kappa shape index (κ3) is 5.13. The Morgan fingerprint density at radius 2 is 2.00 bits per heavy atom. The van der Waals surface area contributed by atoms with E-state index in [1.165, 1.54) is 0 Å². The minimum absolute atomic E-state index is 0.510. The molecule has 0 aliphatic heterocycles. The number of allylic oxidation sites excluding steroid dienone is 5. The van der Waals surface area contributed by atoms with Gasteiger partial charge < -0.3 is 5.32 Å². The molecule has 0 unspecified atom stereocenters. The largest absolute Gasteiger partial charge is 0.385 e. The second-order valence-electron chi connectivity index (χ2n) is 2.51. The van der Waals surface area contributed by atoms with Crippen molar-refractivity contribution in [2.24, 2.45) is 0 Å². The fraction of sp³-hybridized carbons (Fsp3) is 0.273. The van der Waals surface area contributed by atoms with Gasteiger partial charge in [0.2, 0.25) is 0 Å². The normalized spacial score (nSPS) is 12.4. The van der Waals surface area contributed by atoms with Crippen molar-refractivity contribution in [1.82, 2.24) is 5.32 Å². The Morgan fingerprint density at radius 3 is 2.38 bits per heavy atom. The first-order chi connectivity index (χ1) is 6.28. The van der Waals surface area contributed by atoms with E-state index >= 15 is 0 Å². The van der Waals surface area contributed by atoms with Crippen molar-refractivity contribution >= 4 is 7.85 Å². The van der Waals surface area contributed by atoms with Crippen LogP contribution in [0.25, 0.3) is 0 Å². The summed E-state index contributed by atoms with van der Waals surface area (Å²) in [5, 5.41) is 3.16. The summed E-state index contributed by atoms with van der Waals surface area (Å²) in [5.74, 6) is 0. The minimum Gasteiger partial charge on any atom is -0.385 e. The summed E-state index contributed by atoms with van der Waals surface area (Å²) in [6, 6.07) is 0. The van der Waals surface area contributed by atoms with Crippen LogP contribution in [0.5, 0.6) is 0 Å². The highest BCUT2D eigenvalue weighted by Crippen LogP contribution is 2.01. The molecule has 1 nitrogen and oxygen atoms in total. The van der Waals surface area contributed by atoms with Crippen molar-refractivity contribution in [3.8, 4) is 0 Å². The molecule has 0 aromatic carbocycles. The molecule has 2 radical (unpaired) electrons. The minimum atomic E-state index is 0.510. The highest BCUT2D eigenvalue weighted by molar-refractivity contribution is 6.10. The molecule has 0 bridgehead atoms. The van der Waals surface area contributed by atoms with E-state index in [9.17, 15) is 0 Å². The van der Waals surface area contributed by atoms with Gasteiger partial charge in [0.05, 0.1) is 7.85 Å². The first-order valence-corrected chi connectivity index (χ1v) is 4.38. The van der Waals surface area contributed by atoms with Gasteiger partial charge in [0.1, 0.15) is 0 Å². The van der Waals surface area contributed by atoms with Gasteiger partial charge >= 0.3 is 0 Å². The number of hydrogen-bond donors (Lipinski definition) is 1. The van der Waals surface area contributed by atoms with E-state index in [1.807, 2.05) is 19.1 Å². The molecule has 0 fully saturated rings. The van der Waals surface area contributed by atoms with E-state index in [0.717, 1.165) is 17.8 Å². The molecule has 0 aromatic heterocycles. The molecule has 68 valence electrons. The van der Waals surface area contributed by atoms with Crippen LogP contribution in [-0.2, 0) is 0 Å². The monoisotopic (exact) mass is 173 g/mol. The topological polar surface area (TPSA) is 12.0 Å². The Kier molecular flexibility index (Phi) is 6.80. The van der Waals surface area contributed by atoms with E-state index < -0.39 is 0 Å². The zero-order valence-corrected chi connectivity index (χ0v) is 8.22.